The fraction of sp³-hybridized carbons (Fsp3) is 0.650. The van der Waals surface area contributed by atoms with Gasteiger partial charge in [-0.05, 0) is 23.6 Å². The number of ether oxygens (including phenoxy) is 3. The van der Waals surface area contributed by atoms with Gasteiger partial charge in [0.25, 0.3) is 0 Å². The van der Waals surface area contributed by atoms with Gasteiger partial charge in [0.1, 0.15) is 0 Å². The summed E-state index contributed by atoms with van der Waals surface area (Å²) in [6.45, 7) is 9.76. The van der Waals surface area contributed by atoms with Crippen molar-refractivity contribution in [2.24, 2.45) is 10.9 Å². The van der Waals surface area contributed by atoms with Crippen LogP contribution in [-0.4, -0.2) is 71.0 Å². The summed E-state index contributed by atoms with van der Waals surface area (Å²) in [5.41, 5.74) is 1.09. The van der Waals surface area contributed by atoms with E-state index in [0.717, 1.165) is 55.8 Å². The molecule has 0 saturated carbocycles. The minimum atomic E-state index is 0. The SMILES string of the molecule is CN=C(NCc1ccc(OC)c(OC)c1)NCC1CN(CC(C)C)CCO1.I. The second-order valence-corrected chi connectivity index (χ2v) is 7.14. The highest BCUT2D eigenvalue weighted by molar-refractivity contribution is 14.0. The van der Waals surface area contributed by atoms with E-state index in [9.17, 15) is 0 Å². The van der Waals surface area contributed by atoms with E-state index in [-0.39, 0.29) is 30.1 Å². The van der Waals surface area contributed by atoms with Gasteiger partial charge in [0.2, 0.25) is 0 Å². The molecule has 0 bridgehead atoms. The molecule has 1 aliphatic heterocycles. The van der Waals surface area contributed by atoms with Crippen LogP contribution in [0.3, 0.4) is 0 Å². The second-order valence-electron chi connectivity index (χ2n) is 7.14. The largest absolute Gasteiger partial charge is 0.493 e. The minimum absolute atomic E-state index is 0. The Labute approximate surface area is 186 Å². The van der Waals surface area contributed by atoms with Gasteiger partial charge in [0, 0.05) is 39.8 Å². The van der Waals surface area contributed by atoms with Crippen molar-refractivity contribution in [1.29, 1.82) is 0 Å². The Hall–Kier alpha value is -1.26. The van der Waals surface area contributed by atoms with Crippen LogP contribution in [0.4, 0.5) is 0 Å². The smallest absolute Gasteiger partial charge is 0.191 e. The van der Waals surface area contributed by atoms with Crippen molar-refractivity contribution in [1.82, 2.24) is 15.5 Å². The number of hydrogen-bond donors (Lipinski definition) is 2. The van der Waals surface area contributed by atoms with E-state index in [4.69, 9.17) is 14.2 Å². The van der Waals surface area contributed by atoms with Gasteiger partial charge in [0.15, 0.2) is 17.5 Å². The molecular formula is C20H35IN4O3. The summed E-state index contributed by atoms with van der Waals surface area (Å²) < 4.78 is 16.5. The molecule has 2 N–H and O–H groups in total. The molecule has 1 aromatic rings. The molecule has 1 aliphatic rings. The first kappa shape index (κ1) is 24.8. The molecule has 0 amide bonds. The fourth-order valence-electron chi connectivity index (χ4n) is 3.19. The summed E-state index contributed by atoms with van der Waals surface area (Å²) >= 11 is 0. The molecule has 0 aliphatic carbocycles. The highest BCUT2D eigenvalue weighted by Crippen LogP contribution is 2.27. The Bertz CT molecular complexity index is 613. The molecule has 1 unspecified atom stereocenters. The Morgan fingerprint density at radius 2 is 2.00 bits per heavy atom. The lowest BCUT2D eigenvalue weighted by Crippen LogP contribution is -2.50. The highest BCUT2D eigenvalue weighted by atomic mass is 127. The topological polar surface area (TPSA) is 67.4 Å². The van der Waals surface area contributed by atoms with Crippen molar-refractivity contribution in [3.8, 4) is 11.5 Å². The molecule has 1 fully saturated rings. The molecular weight excluding hydrogens is 471 g/mol. The summed E-state index contributed by atoms with van der Waals surface area (Å²) in [6, 6.07) is 5.88. The first-order valence-electron chi connectivity index (χ1n) is 9.55. The Morgan fingerprint density at radius 3 is 2.64 bits per heavy atom. The van der Waals surface area contributed by atoms with Crippen LogP contribution >= 0.6 is 24.0 Å². The Balaban J connectivity index is 0.00000392. The summed E-state index contributed by atoms with van der Waals surface area (Å²) in [4.78, 5) is 6.77. The molecule has 0 spiro atoms. The fourth-order valence-corrected chi connectivity index (χ4v) is 3.19. The van der Waals surface area contributed by atoms with Gasteiger partial charge in [-0.1, -0.05) is 19.9 Å². The number of benzene rings is 1. The average molecular weight is 506 g/mol. The van der Waals surface area contributed by atoms with Crippen molar-refractivity contribution in [2.45, 2.75) is 26.5 Å². The van der Waals surface area contributed by atoms with E-state index < -0.39 is 0 Å². The van der Waals surface area contributed by atoms with Crippen LogP contribution in [0.5, 0.6) is 11.5 Å². The lowest BCUT2D eigenvalue weighted by Gasteiger charge is -2.34. The molecule has 1 aromatic carbocycles. The zero-order valence-electron chi connectivity index (χ0n) is 17.7. The molecule has 8 heteroatoms. The number of halogens is 1. The Morgan fingerprint density at radius 1 is 1.25 bits per heavy atom. The summed E-state index contributed by atoms with van der Waals surface area (Å²) in [5, 5.41) is 6.70. The van der Waals surface area contributed by atoms with Crippen LogP contribution < -0.4 is 20.1 Å². The molecule has 160 valence electrons. The summed E-state index contributed by atoms with van der Waals surface area (Å²) in [5.74, 6) is 2.88. The van der Waals surface area contributed by atoms with Crippen LogP contribution in [0.15, 0.2) is 23.2 Å². The zero-order chi connectivity index (χ0) is 19.6. The van der Waals surface area contributed by atoms with Gasteiger partial charge >= 0.3 is 0 Å². The Kier molecular flexibility index (Phi) is 11.6. The zero-order valence-corrected chi connectivity index (χ0v) is 20.0. The predicted octanol–water partition coefficient (Wildman–Crippen LogP) is 2.34. The van der Waals surface area contributed by atoms with Gasteiger partial charge in [-0.3, -0.25) is 9.89 Å². The van der Waals surface area contributed by atoms with Crippen molar-refractivity contribution in [3.05, 3.63) is 23.8 Å². The van der Waals surface area contributed by atoms with E-state index in [1.165, 1.54) is 0 Å². The number of nitrogens with one attached hydrogen (secondary N) is 2. The van der Waals surface area contributed by atoms with Crippen LogP contribution in [0.25, 0.3) is 0 Å². The van der Waals surface area contributed by atoms with Gasteiger partial charge in [-0.2, -0.15) is 0 Å². The molecule has 7 nitrogen and oxygen atoms in total. The number of aliphatic imine (C=N–C) groups is 1. The molecule has 0 aromatic heterocycles. The number of nitrogens with zero attached hydrogens (tertiary/aromatic N) is 2. The monoisotopic (exact) mass is 506 g/mol. The number of methoxy groups -OCH3 is 2. The van der Waals surface area contributed by atoms with E-state index >= 15 is 0 Å². The number of rotatable bonds is 8. The van der Waals surface area contributed by atoms with E-state index in [0.29, 0.717) is 12.5 Å². The summed E-state index contributed by atoms with van der Waals surface area (Å²) in [7, 11) is 5.05. The molecule has 2 rings (SSSR count). The number of morpholine rings is 1. The third-order valence-corrected chi connectivity index (χ3v) is 4.47. The lowest BCUT2D eigenvalue weighted by atomic mass is 10.2. The van der Waals surface area contributed by atoms with Crippen molar-refractivity contribution < 1.29 is 14.2 Å². The molecule has 0 radical (unpaired) electrons. The second kappa shape index (κ2) is 13.1. The third-order valence-electron chi connectivity index (χ3n) is 4.47. The van der Waals surface area contributed by atoms with Gasteiger partial charge in [0.05, 0.1) is 26.9 Å². The van der Waals surface area contributed by atoms with E-state index in [1.807, 2.05) is 18.2 Å². The predicted molar refractivity (Wildman–Crippen MR) is 124 cm³/mol. The van der Waals surface area contributed by atoms with Gasteiger partial charge in [-0.15, -0.1) is 24.0 Å². The molecule has 1 saturated heterocycles. The van der Waals surface area contributed by atoms with Crippen molar-refractivity contribution in [3.63, 3.8) is 0 Å². The van der Waals surface area contributed by atoms with Crippen molar-refractivity contribution in [2.75, 3.05) is 54.1 Å². The first-order valence-corrected chi connectivity index (χ1v) is 9.55. The van der Waals surface area contributed by atoms with Gasteiger partial charge in [-0.25, -0.2) is 0 Å². The maximum absolute atomic E-state index is 5.89. The van der Waals surface area contributed by atoms with Crippen LogP contribution in [0.2, 0.25) is 0 Å². The number of hydrogen-bond acceptors (Lipinski definition) is 5. The maximum Gasteiger partial charge on any atom is 0.191 e. The third kappa shape index (κ3) is 8.00. The van der Waals surface area contributed by atoms with Crippen molar-refractivity contribution >= 4 is 29.9 Å². The minimum Gasteiger partial charge on any atom is -0.493 e. The van der Waals surface area contributed by atoms with Crippen LogP contribution in [-0.2, 0) is 11.3 Å². The standard InChI is InChI=1S/C20H34N4O3.HI/c1-15(2)13-24-8-9-27-17(14-24)12-23-20(21-3)22-11-16-6-7-18(25-4)19(10-16)26-5;/h6-7,10,15,17H,8-9,11-14H2,1-5H3,(H2,21,22,23);1H. The molecule has 28 heavy (non-hydrogen) atoms. The quantitative estimate of drug-likeness (QED) is 0.321. The lowest BCUT2D eigenvalue weighted by molar-refractivity contribution is -0.0284. The maximum atomic E-state index is 5.89. The molecule has 1 heterocycles. The number of guanidine groups is 1. The summed E-state index contributed by atoms with van der Waals surface area (Å²) in [6.07, 6.45) is 0.178. The van der Waals surface area contributed by atoms with E-state index in [1.54, 1.807) is 21.3 Å². The van der Waals surface area contributed by atoms with E-state index in [2.05, 4.69) is 34.4 Å². The average Bonchev–Trinajstić information content (AvgIpc) is 2.67. The van der Waals surface area contributed by atoms with Gasteiger partial charge < -0.3 is 24.8 Å². The van der Waals surface area contributed by atoms with Crippen LogP contribution in [0.1, 0.15) is 19.4 Å². The first-order chi connectivity index (χ1) is 13.0. The normalized spacial score (nSPS) is 17.8. The highest BCUT2D eigenvalue weighted by Gasteiger charge is 2.21. The molecule has 1 atom stereocenters. The van der Waals surface area contributed by atoms with Crippen LogP contribution in [0, 0.1) is 5.92 Å².